The van der Waals surface area contributed by atoms with Crippen LogP contribution < -0.4 is 10.2 Å². The number of methoxy groups -OCH3 is 1. The first-order chi connectivity index (χ1) is 8.77. The van der Waals surface area contributed by atoms with E-state index < -0.39 is 0 Å². The lowest BCUT2D eigenvalue weighted by Gasteiger charge is -2.06. The van der Waals surface area contributed by atoms with Crippen molar-refractivity contribution in [3.05, 3.63) is 42.5 Å². The molecule has 98 valence electrons. The van der Waals surface area contributed by atoms with Gasteiger partial charge < -0.3 is 9.47 Å². The van der Waals surface area contributed by atoms with Crippen LogP contribution in [0.4, 0.5) is 0 Å². The van der Waals surface area contributed by atoms with Gasteiger partial charge in [-0.2, -0.15) is 0 Å². The highest BCUT2D eigenvalue weighted by Crippen LogP contribution is 2.12. The van der Waals surface area contributed by atoms with E-state index in [1.165, 1.54) is 0 Å². The number of nitrogens with one attached hydrogen (secondary N) is 1. The van der Waals surface area contributed by atoms with Crippen molar-refractivity contribution in [2.45, 2.75) is 0 Å². The van der Waals surface area contributed by atoms with Crippen molar-refractivity contribution < 1.29 is 19.1 Å². The Morgan fingerprint density at radius 1 is 1.33 bits per heavy atom. The molecule has 1 rings (SSSR count). The fourth-order valence-corrected chi connectivity index (χ4v) is 1.16. The van der Waals surface area contributed by atoms with Crippen molar-refractivity contribution in [1.82, 2.24) is 5.48 Å². The Hall–Kier alpha value is -1.85. The summed E-state index contributed by atoms with van der Waals surface area (Å²) in [6, 6.07) is 6.75. The molecule has 0 saturated carbocycles. The van der Waals surface area contributed by atoms with Crippen molar-refractivity contribution in [2.24, 2.45) is 0 Å². The van der Waals surface area contributed by atoms with E-state index in [1.807, 2.05) is 0 Å². The van der Waals surface area contributed by atoms with Crippen molar-refractivity contribution in [2.75, 3.05) is 26.9 Å². The molecule has 0 aliphatic rings. The van der Waals surface area contributed by atoms with Gasteiger partial charge in [-0.05, 0) is 24.3 Å². The molecule has 0 radical (unpaired) electrons. The number of rotatable bonds is 8. The minimum atomic E-state index is -0.304. The minimum absolute atomic E-state index is 0.304. The molecule has 1 aromatic carbocycles. The summed E-state index contributed by atoms with van der Waals surface area (Å²) in [7, 11) is 1.56. The number of carbonyl (C=O) groups excluding carboxylic acids is 1. The molecule has 1 N–H and O–H groups in total. The summed E-state index contributed by atoms with van der Waals surface area (Å²) < 4.78 is 10.1. The van der Waals surface area contributed by atoms with E-state index >= 15 is 0 Å². The number of amides is 1. The van der Waals surface area contributed by atoms with Crippen molar-refractivity contribution in [3.63, 3.8) is 0 Å². The van der Waals surface area contributed by atoms with Crippen LogP contribution in [0.15, 0.2) is 36.9 Å². The molecular weight excluding hydrogens is 234 g/mol. The zero-order valence-corrected chi connectivity index (χ0v) is 10.3. The third-order valence-corrected chi connectivity index (χ3v) is 2.04. The Labute approximate surface area is 106 Å². The summed E-state index contributed by atoms with van der Waals surface area (Å²) in [6.07, 6.45) is 1.66. The molecule has 0 aliphatic carbocycles. The van der Waals surface area contributed by atoms with E-state index in [-0.39, 0.29) is 5.91 Å². The average molecular weight is 251 g/mol. The monoisotopic (exact) mass is 251 g/mol. The molecule has 0 aromatic heterocycles. The molecule has 0 saturated heterocycles. The number of hydrogen-bond donors (Lipinski definition) is 1. The maximum absolute atomic E-state index is 11.6. The van der Waals surface area contributed by atoms with Gasteiger partial charge in [0, 0.05) is 12.7 Å². The molecule has 18 heavy (non-hydrogen) atoms. The van der Waals surface area contributed by atoms with Gasteiger partial charge in [0.15, 0.2) is 0 Å². The summed E-state index contributed by atoms with van der Waals surface area (Å²) in [5.74, 6) is 0.383. The first kappa shape index (κ1) is 14.2. The second kappa shape index (κ2) is 8.27. The quantitative estimate of drug-likeness (QED) is 0.433. The van der Waals surface area contributed by atoms with Crippen LogP contribution in [0.5, 0.6) is 5.75 Å². The molecule has 0 fully saturated rings. The number of ether oxygens (including phenoxy) is 2. The zero-order valence-electron chi connectivity index (χ0n) is 10.3. The largest absolute Gasteiger partial charge is 0.490 e. The molecule has 0 heterocycles. The number of carbonyl (C=O) groups is 1. The molecule has 0 unspecified atom stereocenters. The number of hydrogen-bond acceptors (Lipinski definition) is 4. The van der Waals surface area contributed by atoms with Crippen LogP contribution in [0.2, 0.25) is 0 Å². The van der Waals surface area contributed by atoms with Crippen LogP contribution in [0.1, 0.15) is 10.4 Å². The maximum Gasteiger partial charge on any atom is 0.274 e. The summed E-state index contributed by atoms with van der Waals surface area (Å²) in [5, 5.41) is 0. The van der Waals surface area contributed by atoms with E-state index in [0.717, 1.165) is 0 Å². The van der Waals surface area contributed by atoms with Crippen LogP contribution in [-0.4, -0.2) is 32.8 Å². The highest BCUT2D eigenvalue weighted by molar-refractivity contribution is 5.93. The summed E-state index contributed by atoms with van der Waals surface area (Å²) in [6.45, 7) is 4.72. The first-order valence-corrected chi connectivity index (χ1v) is 5.52. The minimum Gasteiger partial charge on any atom is -0.490 e. The van der Waals surface area contributed by atoms with Crippen molar-refractivity contribution in [1.29, 1.82) is 0 Å². The Balaban J connectivity index is 2.41. The lowest BCUT2D eigenvalue weighted by atomic mass is 10.2. The lowest BCUT2D eigenvalue weighted by Crippen LogP contribution is -2.25. The van der Waals surface area contributed by atoms with Gasteiger partial charge in [-0.3, -0.25) is 9.63 Å². The van der Waals surface area contributed by atoms with Gasteiger partial charge in [-0.15, -0.1) is 0 Å². The third-order valence-electron chi connectivity index (χ3n) is 2.04. The first-order valence-electron chi connectivity index (χ1n) is 5.52. The fourth-order valence-electron chi connectivity index (χ4n) is 1.16. The highest BCUT2D eigenvalue weighted by atomic mass is 16.7. The molecular formula is C13H17NO4. The molecule has 1 aromatic rings. The van der Waals surface area contributed by atoms with Gasteiger partial charge in [0.05, 0.1) is 13.2 Å². The molecule has 0 bridgehead atoms. The number of hydroxylamine groups is 1. The second-order valence-corrected chi connectivity index (χ2v) is 3.40. The van der Waals surface area contributed by atoms with Gasteiger partial charge in [0.2, 0.25) is 0 Å². The Morgan fingerprint density at radius 2 is 2.06 bits per heavy atom. The van der Waals surface area contributed by atoms with Crippen LogP contribution >= 0.6 is 0 Å². The van der Waals surface area contributed by atoms with Crippen molar-refractivity contribution >= 4 is 5.91 Å². The normalized spacial score (nSPS) is 9.83. The predicted octanol–water partition coefficient (Wildman–Crippen LogP) is 1.56. The Kier molecular flexibility index (Phi) is 6.53. The van der Waals surface area contributed by atoms with E-state index in [2.05, 4.69) is 12.1 Å². The maximum atomic E-state index is 11.6. The number of benzene rings is 1. The Morgan fingerprint density at radius 3 is 2.67 bits per heavy atom. The SMILES string of the molecule is C=CCOc1ccc(C(=O)NOCCOC)cc1. The smallest absolute Gasteiger partial charge is 0.274 e. The fraction of sp³-hybridized carbons (Fsp3) is 0.308. The highest BCUT2D eigenvalue weighted by Gasteiger charge is 2.05. The summed E-state index contributed by atoms with van der Waals surface area (Å²) in [5.41, 5.74) is 2.82. The third kappa shape index (κ3) is 4.99. The molecule has 0 aliphatic heterocycles. The molecule has 5 heteroatoms. The van der Waals surface area contributed by atoms with Crippen LogP contribution in [0.25, 0.3) is 0 Å². The average Bonchev–Trinajstić information content (AvgIpc) is 2.41. The molecule has 0 atom stereocenters. The van der Waals surface area contributed by atoms with E-state index in [1.54, 1.807) is 37.5 Å². The zero-order chi connectivity index (χ0) is 13.2. The van der Waals surface area contributed by atoms with Gasteiger partial charge >= 0.3 is 0 Å². The molecule has 1 amide bonds. The lowest BCUT2D eigenvalue weighted by molar-refractivity contribution is 0.00888. The van der Waals surface area contributed by atoms with Crippen LogP contribution in [0, 0.1) is 0 Å². The second-order valence-electron chi connectivity index (χ2n) is 3.40. The van der Waals surface area contributed by atoms with E-state index in [9.17, 15) is 4.79 Å². The van der Waals surface area contributed by atoms with E-state index in [0.29, 0.717) is 31.1 Å². The molecule has 0 spiro atoms. The van der Waals surface area contributed by atoms with Gasteiger partial charge in [0.1, 0.15) is 12.4 Å². The van der Waals surface area contributed by atoms with Crippen molar-refractivity contribution in [3.8, 4) is 5.75 Å². The summed E-state index contributed by atoms with van der Waals surface area (Å²) in [4.78, 5) is 16.5. The predicted molar refractivity (Wildman–Crippen MR) is 67.4 cm³/mol. The summed E-state index contributed by atoms with van der Waals surface area (Å²) >= 11 is 0. The van der Waals surface area contributed by atoms with Gasteiger partial charge in [-0.1, -0.05) is 12.7 Å². The van der Waals surface area contributed by atoms with Gasteiger partial charge in [-0.25, -0.2) is 5.48 Å². The van der Waals surface area contributed by atoms with E-state index in [4.69, 9.17) is 14.3 Å². The topological polar surface area (TPSA) is 56.8 Å². The van der Waals surface area contributed by atoms with Gasteiger partial charge in [0.25, 0.3) is 5.91 Å². The van der Waals surface area contributed by atoms with Crippen LogP contribution in [-0.2, 0) is 9.57 Å². The van der Waals surface area contributed by atoms with Crippen LogP contribution in [0.3, 0.4) is 0 Å². The molecule has 5 nitrogen and oxygen atoms in total. The standard InChI is InChI=1S/C13H17NO4/c1-3-8-17-12-6-4-11(5-7-12)13(15)14-18-10-9-16-2/h3-7H,1,8-10H2,2H3,(H,14,15). The Bertz CT molecular complexity index is 375.